The Balaban J connectivity index is 1.91. The second-order valence-corrected chi connectivity index (χ2v) is 6.79. The molecule has 0 unspecified atom stereocenters. The lowest BCUT2D eigenvalue weighted by molar-refractivity contribution is 0.347. The van der Waals surface area contributed by atoms with E-state index >= 15 is 0 Å². The topological polar surface area (TPSA) is 0 Å². The molecule has 2 aromatic carbocycles. The number of halogens is 3. The molecule has 0 aromatic heterocycles. The molecule has 0 bridgehead atoms. The van der Waals surface area contributed by atoms with Gasteiger partial charge in [0.2, 0.25) is 0 Å². The van der Waals surface area contributed by atoms with Gasteiger partial charge in [0, 0.05) is 5.56 Å². The van der Waals surface area contributed by atoms with Crippen LogP contribution in [0.2, 0.25) is 0 Å². The van der Waals surface area contributed by atoms with Crippen molar-refractivity contribution in [3.8, 4) is 11.1 Å². The summed E-state index contributed by atoms with van der Waals surface area (Å²) >= 11 is 0. The van der Waals surface area contributed by atoms with E-state index in [-0.39, 0.29) is 11.4 Å². The molecular weight excluding hydrogens is 297 g/mol. The number of aryl methyl sites for hydroxylation is 1. The standard InChI is InChI=1S/C20H21F3/c1-12-3-5-14(6-4-12)15-7-8-17(18(21)10-15)16-9-13(2)20(23)19(22)11-16/h7-12,14H,3-6H2,1-2H3. The van der Waals surface area contributed by atoms with Crippen molar-refractivity contribution < 1.29 is 13.2 Å². The zero-order chi connectivity index (χ0) is 16.6. The van der Waals surface area contributed by atoms with Gasteiger partial charge in [-0.3, -0.25) is 0 Å². The van der Waals surface area contributed by atoms with E-state index in [4.69, 9.17) is 0 Å². The Labute approximate surface area is 135 Å². The average Bonchev–Trinajstić information content (AvgIpc) is 2.53. The van der Waals surface area contributed by atoms with Gasteiger partial charge in [0.1, 0.15) is 5.82 Å². The molecule has 0 radical (unpaired) electrons. The predicted molar refractivity (Wildman–Crippen MR) is 86.9 cm³/mol. The van der Waals surface area contributed by atoms with Crippen LogP contribution in [0.25, 0.3) is 11.1 Å². The number of rotatable bonds is 2. The molecule has 0 amide bonds. The number of benzene rings is 2. The summed E-state index contributed by atoms with van der Waals surface area (Å²) in [6.07, 6.45) is 4.53. The van der Waals surface area contributed by atoms with E-state index in [1.54, 1.807) is 12.1 Å². The Bertz CT molecular complexity index is 690. The predicted octanol–water partition coefficient (Wildman–Crippen LogP) is 6.37. The molecule has 0 heterocycles. The third kappa shape index (κ3) is 3.29. The summed E-state index contributed by atoms with van der Waals surface area (Å²) in [6, 6.07) is 7.72. The van der Waals surface area contributed by atoms with Gasteiger partial charge >= 0.3 is 0 Å². The van der Waals surface area contributed by atoms with Crippen LogP contribution >= 0.6 is 0 Å². The number of hydrogen-bond acceptors (Lipinski definition) is 0. The minimum atomic E-state index is -0.940. The summed E-state index contributed by atoms with van der Waals surface area (Å²) < 4.78 is 41.5. The Morgan fingerprint density at radius 1 is 0.870 bits per heavy atom. The highest BCUT2D eigenvalue weighted by molar-refractivity contribution is 5.65. The molecule has 2 aromatic rings. The van der Waals surface area contributed by atoms with Gasteiger partial charge in [-0.25, -0.2) is 13.2 Å². The van der Waals surface area contributed by atoms with Gasteiger partial charge in [-0.05, 0) is 66.5 Å². The van der Waals surface area contributed by atoms with Crippen LogP contribution in [0.1, 0.15) is 49.7 Å². The summed E-state index contributed by atoms with van der Waals surface area (Å²) in [5, 5.41) is 0. The van der Waals surface area contributed by atoms with Crippen molar-refractivity contribution in [1.29, 1.82) is 0 Å². The molecule has 0 N–H and O–H groups in total. The monoisotopic (exact) mass is 318 g/mol. The van der Waals surface area contributed by atoms with Gasteiger partial charge in [-0.15, -0.1) is 0 Å². The van der Waals surface area contributed by atoms with Crippen LogP contribution in [0.15, 0.2) is 30.3 Å². The smallest absolute Gasteiger partial charge is 0.161 e. The van der Waals surface area contributed by atoms with Crippen LogP contribution in [0, 0.1) is 30.3 Å². The van der Waals surface area contributed by atoms with Crippen molar-refractivity contribution in [2.75, 3.05) is 0 Å². The van der Waals surface area contributed by atoms with Crippen LogP contribution in [-0.2, 0) is 0 Å². The third-order valence-corrected chi connectivity index (χ3v) is 5.00. The van der Waals surface area contributed by atoms with Crippen molar-refractivity contribution in [2.45, 2.75) is 45.4 Å². The van der Waals surface area contributed by atoms with Gasteiger partial charge in [-0.2, -0.15) is 0 Å². The lowest BCUT2D eigenvalue weighted by Gasteiger charge is -2.26. The molecule has 0 saturated heterocycles. The van der Waals surface area contributed by atoms with E-state index in [1.807, 2.05) is 6.07 Å². The summed E-state index contributed by atoms with van der Waals surface area (Å²) in [4.78, 5) is 0. The first-order valence-electron chi connectivity index (χ1n) is 8.21. The third-order valence-electron chi connectivity index (χ3n) is 5.00. The second kappa shape index (κ2) is 6.38. The fourth-order valence-electron chi connectivity index (χ4n) is 3.49. The molecule has 3 heteroatoms. The van der Waals surface area contributed by atoms with Crippen molar-refractivity contribution in [3.05, 3.63) is 58.9 Å². The van der Waals surface area contributed by atoms with E-state index in [0.717, 1.165) is 30.4 Å². The Morgan fingerprint density at radius 2 is 1.57 bits per heavy atom. The number of hydrogen-bond donors (Lipinski definition) is 0. The first-order valence-corrected chi connectivity index (χ1v) is 8.21. The van der Waals surface area contributed by atoms with E-state index in [2.05, 4.69) is 6.92 Å². The summed E-state index contributed by atoms with van der Waals surface area (Å²) in [5.41, 5.74) is 1.89. The fraction of sp³-hybridized carbons (Fsp3) is 0.400. The maximum atomic E-state index is 14.5. The lowest BCUT2D eigenvalue weighted by atomic mass is 9.79. The molecule has 3 rings (SSSR count). The van der Waals surface area contributed by atoms with Crippen LogP contribution in [0.5, 0.6) is 0 Å². The molecule has 0 nitrogen and oxygen atoms in total. The maximum Gasteiger partial charge on any atom is 0.161 e. The molecule has 0 spiro atoms. The highest BCUT2D eigenvalue weighted by Gasteiger charge is 2.21. The Hall–Kier alpha value is -1.77. The fourth-order valence-corrected chi connectivity index (χ4v) is 3.49. The van der Waals surface area contributed by atoms with Crippen LogP contribution in [0.4, 0.5) is 13.2 Å². The van der Waals surface area contributed by atoms with Gasteiger partial charge in [0.25, 0.3) is 0 Å². The molecule has 23 heavy (non-hydrogen) atoms. The van der Waals surface area contributed by atoms with Crippen molar-refractivity contribution in [3.63, 3.8) is 0 Å². The molecule has 1 aliphatic carbocycles. The molecule has 0 aliphatic heterocycles. The summed E-state index contributed by atoms with van der Waals surface area (Å²) in [6.45, 7) is 3.74. The Morgan fingerprint density at radius 3 is 2.17 bits per heavy atom. The molecular formula is C20H21F3. The van der Waals surface area contributed by atoms with E-state index in [9.17, 15) is 13.2 Å². The lowest BCUT2D eigenvalue weighted by Crippen LogP contribution is -2.11. The van der Waals surface area contributed by atoms with Gasteiger partial charge in [0.15, 0.2) is 11.6 Å². The SMILES string of the molecule is Cc1cc(-c2ccc(C3CCC(C)CC3)cc2F)cc(F)c1F. The van der Waals surface area contributed by atoms with Crippen LogP contribution < -0.4 is 0 Å². The molecule has 1 saturated carbocycles. The van der Waals surface area contributed by atoms with Crippen LogP contribution in [-0.4, -0.2) is 0 Å². The van der Waals surface area contributed by atoms with E-state index in [0.29, 0.717) is 17.0 Å². The summed E-state index contributed by atoms with van der Waals surface area (Å²) in [5.74, 6) is -1.03. The van der Waals surface area contributed by atoms with Gasteiger partial charge in [0.05, 0.1) is 0 Å². The van der Waals surface area contributed by atoms with Crippen LogP contribution in [0.3, 0.4) is 0 Å². The highest BCUT2D eigenvalue weighted by Crippen LogP contribution is 2.37. The normalized spacial score (nSPS) is 21.4. The molecule has 0 atom stereocenters. The van der Waals surface area contributed by atoms with E-state index in [1.165, 1.54) is 25.8 Å². The molecule has 1 fully saturated rings. The molecule has 1 aliphatic rings. The first kappa shape index (κ1) is 16.1. The zero-order valence-corrected chi connectivity index (χ0v) is 13.5. The van der Waals surface area contributed by atoms with Crippen molar-refractivity contribution >= 4 is 0 Å². The quantitative estimate of drug-likeness (QED) is 0.603. The largest absolute Gasteiger partial charge is 0.206 e. The van der Waals surface area contributed by atoms with Gasteiger partial charge < -0.3 is 0 Å². The second-order valence-electron chi connectivity index (χ2n) is 6.79. The van der Waals surface area contributed by atoms with Crippen molar-refractivity contribution in [1.82, 2.24) is 0 Å². The highest BCUT2D eigenvalue weighted by atomic mass is 19.2. The zero-order valence-electron chi connectivity index (χ0n) is 13.5. The van der Waals surface area contributed by atoms with E-state index < -0.39 is 11.6 Å². The Kier molecular flexibility index (Phi) is 4.47. The minimum absolute atomic E-state index is 0.185. The average molecular weight is 318 g/mol. The van der Waals surface area contributed by atoms with Gasteiger partial charge in [-0.1, -0.05) is 31.9 Å². The summed E-state index contributed by atoms with van der Waals surface area (Å²) in [7, 11) is 0. The first-order chi connectivity index (χ1) is 11.0. The molecule has 122 valence electrons. The van der Waals surface area contributed by atoms with Crippen molar-refractivity contribution in [2.24, 2.45) is 5.92 Å². The maximum absolute atomic E-state index is 14.5. The minimum Gasteiger partial charge on any atom is -0.206 e.